The molecule has 1 unspecified atom stereocenters. The molecular formula is C4H8N4S. The summed E-state index contributed by atoms with van der Waals surface area (Å²) in [5.41, 5.74) is 0. The van der Waals surface area contributed by atoms with E-state index < -0.39 is 0 Å². The predicted molar refractivity (Wildman–Crippen MR) is 37.6 cm³/mol. The van der Waals surface area contributed by atoms with Crippen LogP contribution in [-0.4, -0.2) is 14.9 Å². The highest BCUT2D eigenvalue weighted by atomic mass is 32.1. The number of thiol groups is 1. The summed E-state index contributed by atoms with van der Waals surface area (Å²) in [6.45, 7) is 1.89. The lowest BCUT2D eigenvalue weighted by atomic mass is 10.4. The van der Waals surface area contributed by atoms with Crippen molar-refractivity contribution in [2.75, 3.05) is 5.84 Å². The molecule has 1 rings (SSSR count). The first kappa shape index (κ1) is 6.41. The van der Waals surface area contributed by atoms with Crippen LogP contribution in [0.3, 0.4) is 0 Å². The smallest absolute Gasteiger partial charge is 0.163 e. The Bertz CT molecular complexity index is 194. The molecule has 0 aliphatic carbocycles. The minimum Gasteiger partial charge on any atom is -0.336 e. The lowest BCUT2D eigenvalue weighted by molar-refractivity contribution is 0.844. The molecule has 0 amide bonds. The molecule has 0 fully saturated rings. The molecular weight excluding hydrogens is 136 g/mol. The second-order valence-corrected chi connectivity index (χ2v) is 2.55. The summed E-state index contributed by atoms with van der Waals surface area (Å²) in [4.78, 5) is 0. The molecule has 0 saturated heterocycles. The van der Waals surface area contributed by atoms with Gasteiger partial charge in [0.1, 0.15) is 6.33 Å². The van der Waals surface area contributed by atoms with Gasteiger partial charge in [-0.1, -0.05) is 0 Å². The summed E-state index contributed by atoms with van der Waals surface area (Å²) in [5.74, 6) is 6.06. The average molecular weight is 144 g/mol. The van der Waals surface area contributed by atoms with Crippen LogP contribution >= 0.6 is 12.6 Å². The molecule has 0 radical (unpaired) electrons. The summed E-state index contributed by atoms with van der Waals surface area (Å²) in [5, 5.41) is 7.35. The van der Waals surface area contributed by atoms with E-state index in [1.54, 1.807) is 0 Å². The lowest BCUT2D eigenvalue weighted by Crippen LogP contribution is -2.11. The fourth-order valence-electron chi connectivity index (χ4n) is 0.551. The molecule has 1 atom stereocenters. The van der Waals surface area contributed by atoms with E-state index in [9.17, 15) is 0 Å². The zero-order valence-corrected chi connectivity index (χ0v) is 5.92. The SMILES string of the molecule is CC(S)c1nncn1N. The molecule has 50 valence electrons. The van der Waals surface area contributed by atoms with Gasteiger partial charge in [-0.25, -0.2) is 4.68 Å². The second kappa shape index (κ2) is 2.26. The van der Waals surface area contributed by atoms with Gasteiger partial charge in [0.15, 0.2) is 5.82 Å². The first-order chi connectivity index (χ1) is 4.22. The minimum atomic E-state index is 0.0394. The van der Waals surface area contributed by atoms with Crippen molar-refractivity contribution in [1.29, 1.82) is 0 Å². The number of aromatic nitrogens is 3. The standard InChI is InChI=1S/C4H8N4S/c1-3(9)4-7-6-2-8(4)5/h2-3,9H,5H2,1H3. The third kappa shape index (κ3) is 1.16. The van der Waals surface area contributed by atoms with Crippen molar-refractivity contribution in [3.63, 3.8) is 0 Å². The monoisotopic (exact) mass is 144 g/mol. The molecule has 2 N–H and O–H groups in total. The number of hydrogen-bond donors (Lipinski definition) is 2. The molecule has 0 spiro atoms. The summed E-state index contributed by atoms with van der Waals surface area (Å²) in [7, 11) is 0. The molecule has 5 heteroatoms. The van der Waals surface area contributed by atoms with Gasteiger partial charge in [-0.2, -0.15) is 12.6 Å². The van der Waals surface area contributed by atoms with Crippen molar-refractivity contribution < 1.29 is 0 Å². The molecule has 0 bridgehead atoms. The van der Waals surface area contributed by atoms with Crippen molar-refractivity contribution in [1.82, 2.24) is 14.9 Å². The Morgan fingerprint density at radius 1 is 1.89 bits per heavy atom. The molecule has 0 aromatic carbocycles. The highest BCUT2D eigenvalue weighted by Gasteiger charge is 2.04. The van der Waals surface area contributed by atoms with E-state index in [1.807, 2.05) is 6.92 Å². The van der Waals surface area contributed by atoms with Crippen molar-refractivity contribution in [3.8, 4) is 0 Å². The zero-order valence-electron chi connectivity index (χ0n) is 5.02. The van der Waals surface area contributed by atoms with Crippen molar-refractivity contribution in [2.24, 2.45) is 0 Å². The normalized spacial score (nSPS) is 13.6. The quantitative estimate of drug-likeness (QED) is 0.430. The van der Waals surface area contributed by atoms with Crippen LogP contribution in [0.2, 0.25) is 0 Å². The van der Waals surface area contributed by atoms with Crippen molar-refractivity contribution in [3.05, 3.63) is 12.2 Å². The lowest BCUT2D eigenvalue weighted by Gasteiger charge is -1.99. The summed E-state index contributed by atoms with van der Waals surface area (Å²) >= 11 is 4.12. The van der Waals surface area contributed by atoms with Gasteiger partial charge in [-0.3, -0.25) is 0 Å². The number of nitrogen functional groups attached to an aromatic ring is 1. The maximum absolute atomic E-state index is 5.38. The molecule has 0 aliphatic rings. The van der Waals surface area contributed by atoms with Gasteiger partial charge in [-0.15, -0.1) is 10.2 Å². The molecule has 9 heavy (non-hydrogen) atoms. The maximum Gasteiger partial charge on any atom is 0.163 e. The van der Waals surface area contributed by atoms with Gasteiger partial charge in [0, 0.05) is 0 Å². The van der Waals surface area contributed by atoms with E-state index in [4.69, 9.17) is 5.84 Å². The third-order valence-electron chi connectivity index (χ3n) is 0.974. The second-order valence-electron chi connectivity index (χ2n) is 1.77. The van der Waals surface area contributed by atoms with Crippen LogP contribution in [0.1, 0.15) is 18.0 Å². The largest absolute Gasteiger partial charge is 0.336 e. The average Bonchev–Trinajstić information content (AvgIpc) is 2.13. The van der Waals surface area contributed by atoms with Gasteiger partial charge < -0.3 is 5.84 Å². The van der Waals surface area contributed by atoms with Crippen LogP contribution in [0.5, 0.6) is 0 Å². The topological polar surface area (TPSA) is 56.7 Å². The third-order valence-corrected chi connectivity index (χ3v) is 1.21. The molecule has 1 aromatic rings. The molecule has 0 saturated carbocycles. The van der Waals surface area contributed by atoms with E-state index in [0.717, 1.165) is 0 Å². The summed E-state index contributed by atoms with van der Waals surface area (Å²) in [6, 6.07) is 0. The van der Waals surface area contributed by atoms with Crippen LogP contribution in [0.15, 0.2) is 6.33 Å². The molecule has 0 aliphatic heterocycles. The van der Waals surface area contributed by atoms with Gasteiger partial charge in [0.05, 0.1) is 5.25 Å². The fourth-order valence-corrected chi connectivity index (χ4v) is 0.736. The Hall–Kier alpha value is -0.710. The Labute approximate surface area is 58.5 Å². The van der Waals surface area contributed by atoms with Crippen molar-refractivity contribution in [2.45, 2.75) is 12.2 Å². The number of rotatable bonds is 1. The first-order valence-corrected chi connectivity index (χ1v) is 3.06. The van der Waals surface area contributed by atoms with Gasteiger partial charge in [0.25, 0.3) is 0 Å². The first-order valence-electron chi connectivity index (χ1n) is 2.55. The van der Waals surface area contributed by atoms with Crippen LogP contribution in [0, 0.1) is 0 Å². The Morgan fingerprint density at radius 3 is 2.78 bits per heavy atom. The van der Waals surface area contributed by atoms with Crippen molar-refractivity contribution >= 4 is 12.6 Å². The van der Waals surface area contributed by atoms with E-state index in [-0.39, 0.29) is 5.25 Å². The molecule has 1 heterocycles. The van der Waals surface area contributed by atoms with Crippen LogP contribution in [0.25, 0.3) is 0 Å². The zero-order chi connectivity index (χ0) is 6.85. The van der Waals surface area contributed by atoms with Gasteiger partial charge in [-0.05, 0) is 6.92 Å². The predicted octanol–water partition coefficient (Wildman–Crippen LogP) is -0.0173. The number of nitrogens with zero attached hydrogens (tertiary/aromatic N) is 3. The molecule has 4 nitrogen and oxygen atoms in total. The highest BCUT2D eigenvalue weighted by Crippen LogP contribution is 2.12. The van der Waals surface area contributed by atoms with Gasteiger partial charge in [0.2, 0.25) is 0 Å². The van der Waals surface area contributed by atoms with E-state index in [2.05, 4.69) is 22.8 Å². The van der Waals surface area contributed by atoms with Crippen LogP contribution < -0.4 is 5.84 Å². The highest BCUT2D eigenvalue weighted by molar-refractivity contribution is 7.80. The number of hydrogen-bond acceptors (Lipinski definition) is 4. The van der Waals surface area contributed by atoms with E-state index in [1.165, 1.54) is 11.0 Å². The molecule has 1 aromatic heterocycles. The Balaban J connectivity index is 2.94. The Morgan fingerprint density at radius 2 is 2.56 bits per heavy atom. The summed E-state index contributed by atoms with van der Waals surface area (Å²) < 4.78 is 1.36. The maximum atomic E-state index is 5.38. The van der Waals surface area contributed by atoms with Crippen LogP contribution in [-0.2, 0) is 0 Å². The number of nitrogens with two attached hydrogens (primary N) is 1. The van der Waals surface area contributed by atoms with Gasteiger partial charge >= 0.3 is 0 Å². The Kier molecular flexibility index (Phi) is 1.61. The van der Waals surface area contributed by atoms with E-state index in [0.29, 0.717) is 5.82 Å². The van der Waals surface area contributed by atoms with E-state index >= 15 is 0 Å². The fraction of sp³-hybridized carbons (Fsp3) is 0.500. The minimum absolute atomic E-state index is 0.0394. The summed E-state index contributed by atoms with van der Waals surface area (Å²) in [6.07, 6.45) is 1.45. The van der Waals surface area contributed by atoms with Crippen LogP contribution in [0.4, 0.5) is 0 Å².